The lowest BCUT2D eigenvalue weighted by Crippen LogP contribution is -2.33. The SMILES string of the molecule is B[SiH](F)C1CCCCO1. The molecule has 0 aliphatic carbocycles. The zero-order chi connectivity index (χ0) is 6.69. The molecule has 1 aliphatic rings. The molecule has 0 radical (unpaired) electrons. The molecule has 1 heterocycles. The molecule has 2 atom stereocenters. The Morgan fingerprint density at radius 2 is 2.33 bits per heavy atom. The molecule has 1 aliphatic heterocycles. The molecule has 2 unspecified atom stereocenters. The summed E-state index contributed by atoms with van der Waals surface area (Å²) in [6.45, 7) is 0.784. The van der Waals surface area contributed by atoms with Crippen LogP contribution in [0.3, 0.4) is 0 Å². The monoisotopic (exact) mass is 146 g/mol. The predicted octanol–water partition coefficient (Wildman–Crippen LogP) is -0.0822. The van der Waals surface area contributed by atoms with E-state index in [9.17, 15) is 4.11 Å². The van der Waals surface area contributed by atoms with Crippen molar-refractivity contribution in [3.8, 4) is 0 Å². The van der Waals surface area contributed by atoms with Crippen molar-refractivity contribution in [3.05, 3.63) is 0 Å². The molecule has 0 N–H and O–H groups in total. The highest BCUT2D eigenvalue weighted by Crippen LogP contribution is 2.13. The van der Waals surface area contributed by atoms with Crippen LogP contribution >= 0.6 is 0 Å². The summed E-state index contributed by atoms with van der Waals surface area (Å²) in [6, 6.07) is 0. The Bertz CT molecular complexity index is 85.0. The first-order valence-corrected chi connectivity index (χ1v) is 5.82. The maximum absolute atomic E-state index is 12.6. The van der Waals surface area contributed by atoms with E-state index >= 15 is 0 Å². The van der Waals surface area contributed by atoms with Gasteiger partial charge in [0.1, 0.15) is 7.44 Å². The van der Waals surface area contributed by atoms with E-state index in [1.807, 2.05) is 0 Å². The van der Waals surface area contributed by atoms with E-state index in [1.54, 1.807) is 7.44 Å². The Morgan fingerprint density at radius 3 is 2.67 bits per heavy atom. The largest absolute Gasteiger partial charge is 0.379 e. The molecule has 1 fully saturated rings. The standard InChI is InChI=1S/C5H12BFOSi/c6-9(7)5-3-1-2-4-8-5/h5,9H,1-4,6H2. The summed E-state index contributed by atoms with van der Waals surface area (Å²) in [4.78, 5) is 0. The Kier molecular flexibility index (Phi) is 2.72. The smallest absolute Gasteiger partial charge is 0.217 e. The van der Waals surface area contributed by atoms with Gasteiger partial charge in [-0.05, 0) is 19.3 Å². The van der Waals surface area contributed by atoms with Gasteiger partial charge in [0, 0.05) is 6.61 Å². The molecule has 52 valence electrons. The van der Waals surface area contributed by atoms with E-state index in [-0.39, 0.29) is 5.73 Å². The average molecular weight is 146 g/mol. The summed E-state index contributed by atoms with van der Waals surface area (Å²) in [5.74, 6) is 0. The van der Waals surface area contributed by atoms with Gasteiger partial charge in [0.25, 0.3) is 0 Å². The molecule has 0 bridgehead atoms. The van der Waals surface area contributed by atoms with E-state index < -0.39 is 9.00 Å². The van der Waals surface area contributed by atoms with Crippen LogP contribution in [0.2, 0.25) is 0 Å². The van der Waals surface area contributed by atoms with Crippen LogP contribution in [0.4, 0.5) is 4.11 Å². The highest BCUT2D eigenvalue weighted by Gasteiger charge is 2.21. The summed E-state index contributed by atoms with van der Waals surface area (Å²) >= 11 is 0. The van der Waals surface area contributed by atoms with Crippen molar-refractivity contribution >= 4 is 16.4 Å². The lowest BCUT2D eigenvalue weighted by molar-refractivity contribution is 0.0605. The molecule has 9 heavy (non-hydrogen) atoms. The van der Waals surface area contributed by atoms with E-state index in [1.165, 1.54) is 0 Å². The molecule has 0 aromatic heterocycles. The van der Waals surface area contributed by atoms with Gasteiger partial charge in [-0.1, -0.05) is 0 Å². The van der Waals surface area contributed by atoms with Crippen LogP contribution in [0.5, 0.6) is 0 Å². The third-order valence-electron chi connectivity index (χ3n) is 1.73. The highest BCUT2D eigenvalue weighted by atomic mass is 28.3. The van der Waals surface area contributed by atoms with E-state index in [4.69, 9.17) is 4.74 Å². The lowest BCUT2D eigenvalue weighted by atomic mass is 10.2. The van der Waals surface area contributed by atoms with Crippen molar-refractivity contribution in [3.63, 3.8) is 0 Å². The quantitative estimate of drug-likeness (QED) is 0.371. The van der Waals surface area contributed by atoms with Gasteiger partial charge in [0.2, 0.25) is 9.00 Å². The molecule has 0 amide bonds. The molecule has 0 saturated carbocycles. The third-order valence-corrected chi connectivity index (χ3v) is 3.28. The topological polar surface area (TPSA) is 9.23 Å². The Morgan fingerprint density at radius 1 is 1.56 bits per heavy atom. The molecule has 0 aromatic carbocycles. The second-order valence-corrected chi connectivity index (χ2v) is 4.68. The van der Waals surface area contributed by atoms with Crippen LogP contribution < -0.4 is 0 Å². The van der Waals surface area contributed by atoms with Gasteiger partial charge in [0.15, 0.2) is 0 Å². The van der Waals surface area contributed by atoms with Crippen molar-refractivity contribution in [2.75, 3.05) is 6.61 Å². The Balaban J connectivity index is 2.23. The van der Waals surface area contributed by atoms with E-state index in [0.717, 1.165) is 25.9 Å². The first-order chi connectivity index (χ1) is 4.30. The molecule has 0 aromatic rings. The number of ether oxygens (including phenoxy) is 1. The van der Waals surface area contributed by atoms with Crippen LogP contribution in [0.1, 0.15) is 19.3 Å². The number of rotatable bonds is 1. The predicted molar refractivity (Wildman–Crippen MR) is 40.4 cm³/mol. The average Bonchev–Trinajstić information content (AvgIpc) is 1.90. The molecular weight excluding hydrogens is 134 g/mol. The maximum Gasteiger partial charge on any atom is 0.217 e. The Hall–Kier alpha value is 0.172. The molecule has 1 nitrogen and oxygen atoms in total. The van der Waals surface area contributed by atoms with Crippen molar-refractivity contribution in [2.45, 2.75) is 25.0 Å². The van der Waals surface area contributed by atoms with Gasteiger partial charge in [-0.25, -0.2) is 0 Å². The van der Waals surface area contributed by atoms with Crippen molar-refractivity contribution in [1.82, 2.24) is 0 Å². The van der Waals surface area contributed by atoms with Gasteiger partial charge in [0.05, 0.1) is 5.73 Å². The molecule has 1 rings (SSSR count). The number of hydrogen-bond donors (Lipinski definition) is 0. The van der Waals surface area contributed by atoms with Crippen LogP contribution in [-0.2, 0) is 4.74 Å². The van der Waals surface area contributed by atoms with Gasteiger partial charge in [-0.15, -0.1) is 0 Å². The minimum atomic E-state index is -1.97. The van der Waals surface area contributed by atoms with E-state index in [0.29, 0.717) is 0 Å². The Labute approximate surface area is 57.7 Å². The second-order valence-electron chi connectivity index (χ2n) is 2.58. The van der Waals surface area contributed by atoms with Crippen LogP contribution in [0.15, 0.2) is 0 Å². The van der Waals surface area contributed by atoms with Crippen molar-refractivity contribution in [1.29, 1.82) is 0 Å². The first-order valence-electron chi connectivity index (χ1n) is 3.56. The van der Waals surface area contributed by atoms with Gasteiger partial charge in [-0.3, -0.25) is 0 Å². The summed E-state index contributed by atoms with van der Waals surface area (Å²) in [5, 5.41) is 0. The normalized spacial score (nSPS) is 31.9. The fourth-order valence-corrected chi connectivity index (χ4v) is 2.22. The first kappa shape index (κ1) is 7.28. The third kappa shape index (κ3) is 2.10. The molecule has 4 heteroatoms. The number of halogens is 1. The molecular formula is C5H12BFOSi. The lowest BCUT2D eigenvalue weighted by Gasteiger charge is -2.22. The summed E-state index contributed by atoms with van der Waals surface area (Å²) in [5.41, 5.74) is 0.0266. The van der Waals surface area contributed by atoms with Crippen LogP contribution in [-0.4, -0.2) is 28.8 Å². The minimum Gasteiger partial charge on any atom is -0.379 e. The van der Waals surface area contributed by atoms with Gasteiger partial charge in [-0.2, -0.15) is 0 Å². The summed E-state index contributed by atoms with van der Waals surface area (Å²) in [6.07, 6.45) is 3.24. The number of hydrogen-bond acceptors (Lipinski definition) is 1. The van der Waals surface area contributed by atoms with Crippen molar-refractivity contribution < 1.29 is 8.84 Å². The fourth-order valence-electron chi connectivity index (χ4n) is 1.13. The van der Waals surface area contributed by atoms with Crippen molar-refractivity contribution in [2.24, 2.45) is 0 Å². The van der Waals surface area contributed by atoms with E-state index in [2.05, 4.69) is 0 Å². The summed E-state index contributed by atoms with van der Waals surface area (Å²) in [7, 11) is -0.270. The molecule has 1 saturated heterocycles. The van der Waals surface area contributed by atoms with Gasteiger partial charge < -0.3 is 8.84 Å². The van der Waals surface area contributed by atoms with Crippen LogP contribution in [0.25, 0.3) is 0 Å². The zero-order valence-corrected chi connectivity index (χ0v) is 6.92. The minimum absolute atomic E-state index is 0.0266. The zero-order valence-electron chi connectivity index (χ0n) is 5.77. The van der Waals surface area contributed by atoms with Crippen LogP contribution in [0, 0.1) is 0 Å². The second kappa shape index (κ2) is 3.37. The highest BCUT2D eigenvalue weighted by molar-refractivity contribution is 6.99. The fraction of sp³-hybridized carbons (Fsp3) is 1.00. The maximum atomic E-state index is 12.6. The summed E-state index contributed by atoms with van der Waals surface area (Å²) < 4.78 is 17.8. The van der Waals surface area contributed by atoms with Gasteiger partial charge >= 0.3 is 0 Å². The molecule has 0 spiro atoms.